The molecule has 136 valence electrons. The molecule has 1 atom stereocenters. The van der Waals surface area contributed by atoms with Gasteiger partial charge >= 0.3 is 5.97 Å². The largest absolute Gasteiger partial charge is 0.496 e. The lowest BCUT2D eigenvalue weighted by atomic mass is 9.54. The van der Waals surface area contributed by atoms with Crippen molar-refractivity contribution in [2.45, 2.75) is 60.3 Å². The standard InChI is InChI=1S/C21H34O3/c1-9-24-19(22)21(16(4)5,14-15(2)3)20(6,7)17-12-10-11-13-18(17)23-8/h10-13,15-16H,9,14H2,1-8H3. The first-order valence-corrected chi connectivity index (χ1v) is 8.95. The summed E-state index contributed by atoms with van der Waals surface area (Å²) in [6.45, 7) is 15.1. The Balaban J connectivity index is 3.63. The van der Waals surface area contributed by atoms with Crippen LogP contribution in [0, 0.1) is 17.3 Å². The van der Waals surface area contributed by atoms with Crippen LogP contribution in [0.5, 0.6) is 5.75 Å². The van der Waals surface area contributed by atoms with E-state index in [2.05, 4.69) is 47.6 Å². The smallest absolute Gasteiger partial charge is 0.313 e. The number of hydrogen-bond donors (Lipinski definition) is 0. The van der Waals surface area contributed by atoms with Gasteiger partial charge in [0.1, 0.15) is 5.75 Å². The fourth-order valence-electron chi connectivity index (χ4n) is 4.09. The normalized spacial score (nSPS) is 14.6. The predicted molar refractivity (Wildman–Crippen MR) is 99.4 cm³/mol. The minimum atomic E-state index is -0.619. The third-order valence-corrected chi connectivity index (χ3v) is 5.25. The van der Waals surface area contributed by atoms with Crippen LogP contribution in [0.1, 0.15) is 60.5 Å². The molecule has 1 aromatic carbocycles. The molecule has 1 aromatic rings. The van der Waals surface area contributed by atoms with Crippen LogP contribution >= 0.6 is 0 Å². The molecule has 3 nitrogen and oxygen atoms in total. The van der Waals surface area contributed by atoms with Crippen LogP contribution in [0.25, 0.3) is 0 Å². The average molecular weight is 335 g/mol. The molecule has 0 aliphatic rings. The highest BCUT2D eigenvalue weighted by Gasteiger charge is 2.55. The molecule has 0 saturated heterocycles. The molecule has 0 heterocycles. The Bertz CT molecular complexity index is 546. The van der Waals surface area contributed by atoms with E-state index >= 15 is 0 Å². The summed E-state index contributed by atoms with van der Waals surface area (Å²) in [6, 6.07) is 7.99. The summed E-state index contributed by atoms with van der Waals surface area (Å²) in [5.41, 5.74) is 0.00530. The van der Waals surface area contributed by atoms with Gasteiger partial charge in [-0.15, -0.1) is 0 Å². The maximum atomic E-state index is 13.2. The van der Waals surface area contributed by atoms with Crippen LogP contribution in [0.15, 0.2) is 24.3 Å². The number of ether oxygens (including phenoxy) is 2. The summed E-state index contributed by atoms with van der Waals surface area (Å²) in [7, 11) is 1.68. The average Bonchev–Trinajstić information content (AvgIpc) is 2.51. The molecular formula is C21H34O3. The monoisotopic (exact) mass is 334 g/mol. The first-order valence-electron chi connectivity index (χ1n) is 8.95. The van der Waals surface area contributed by atoms with Crippen molar-refractivity contribution in [3.63, 3.8) is 0 Å². The molecule has 1 rings (SSSR count). The molecular weight excluding hydrogens is 300 g/mol. The molecule has 0 aliphatic heterocycles. The first-order chi connectivity index (χ1) is 11.1. The lowest BCUT2D eigenvalue weighted by molar-refractivity contribution is -0.166. The minimum Gasteiger partial charge on any atom is -0.496 e. The molecule has 0 N–H and O–H groups in total. The van der Waals surface area contributed by atoms with Gasteiger partial charge in [-0.05, 0) is 31.2 Å². The van der Waals surface area contributed by atoms with E-state index in [4.69, 9.17) is 9.47 Å². The highest BCUT2D eigenvalue weighted by atomic mass is 16.5. The fourth-order valence-corrected chi connectivity index (χ4v) is 4.09. The molecule has 0 amide bonds. The van der Waals surface area contributed by atoms with Crippen molar-refractivity contribution in [2.75, 3.05) is 13.7 Å². The predicted octanol–water partition coefficient (Wildman–Crippen LogP) is 5.22. The van der Waals surface area contributed by atoms with Gasteiger partial charge in [0, 0.05) is 11.0 Å². The SMILES string of the molecule is CCOC(=O)C(CC(C)C)(C(C)C)C(C)(C)c1ccccc1OC. The third kappa shape index (κ3) is 3.60. The van der Waals surface area contributed by atoms with Crippen molar-refractivity contribution in [2.24, 2.45) is 17.3 Å². The van der Waals surface area contributed by atoms with Gasteiger partial charge in [-0.3, -0.25) is 4.79 Å². The van der Waals surface area contributed by atoms with E-state index in [1.165, 1.54) is 0 Å². The molecule has 0 spiro atoms. The Kier molecular flexibility index (Phi) is 6.88. The summed E-state index contributed by atoms with van der Waals surface area (Å²) >= 11 is 0. The summed E-state index contributed by atoms with van der Waals surface area (Å²) in [4.78, 5) is 13.2. The van der Waals surface area contributed by atoms with E-state index in [0.29, 0.717) is 12.5 Å². The van der Waals surface area contributed by atoms with E-state index in [1.807, 2.05) is 25.1 Å². The molecule has 24 heavy (non-hydrogen) atoms. The fraction of sp³-hybridized carbons (Fsp3) is 0.667. The second kappa shape index (κ2) is 8.04. The summed E-state index contributed by atoms with van der Waals surface area (Å²) in [6.07, 6.45) is 0.772. The maximum Gasteiger partial charge on any atom is 0.313 e. The first kappa shape index (κ1) is 20.5. The number of para-hydroxylation sites is 1. The Hall–Kier alpha value is -1.51. The summed E-state index contributed by atoms with van der Waals surface area (Å²) < 4.78 is 11.2. The van der Waals surface area contributed by atoms with Crippen LogP contribution in [-0.2, 0) is 14.9 Å². The van der Waals surface area contributed by atoms with Gasteiger partial charge in [-0.2, -0.15) is 0 Å². The summed E-state index contributed by atoms with van der Waals surface area (Å²) in [5, 5.41) is 0. The van der Waals surface area contributed by atoms with E-state index in [0.717, 1.165) is 17.7 Å². The van der Waals surface area contributed by atoms with Crippen molar-refractivity contribution in [3.8, 4) is 5.75 Å². The number of methoxy groups -OCH3 is 1. The van der Waals surface area contributed by atoms with Crippen molar-refractivity contribution >= 4 is 5.97 Å². The number of carbonyl (C=O) groups excluding carboxylic acids is 1. The van der Waals surface area contributed by atoms with Gasteiger partial charge in [-0.1, -0.05) is 59.7 Å². The van der Waals surface area contributed by atoms with E-state index in [-0.39, 0.29) is 11.9 Å². The number of esters is 1. The second-order valence-corrected chi connectivity index (χ2v) is 7.77. The van der Waals surface area contributed by atoms with Crippen LogP contribution in [0.3, 0.4) is 0 Å². The Morgan fingerprint density at radius 3 is 2.17 bits per heavy atom. The van der Waals surface area contributed by atoms with Gasteiger partial charge in [0.2, 0.25) is 0 Å². The number of hydrogen-bond acceptors (Lipinski definition) is 3. The zero-order chi connectivity index (χ0) is 18.5. The third-order valence-electron chi connectivity index (χ3n) is 5.25. The van der Waals surface area contributed by atoms with E-state index in [1.54, 1.807) is 7.11 Å². The molecule has 0 fully saturated rings. The lowest BCUT2D eigenvalue weighted by Crippen LogP contribution is -2.53. The molecule has 0 aliphatic carbocycles. The van der Waals surface area contributed by atoms with Crippen molar-refractivity contribution < 1.29 is 14.3 Å². The molecule has 0 bridgehead atoms. The van der Waals surface area contributed by atoms with Crippen LogP contribution in [-0.4, -0.2) is 19.7 Å². The van der Waals surface area contributed by atoms with Gasteiger partial charge in [0.15, 0.2) is 0 Å². The van der Waals surface area contributed by atoms with Crippen LogP contribution in [0.4, 0.5) is 0 Å². The zero-order valence-corrected chi connectivity index (χ0v) is 16.6. The van der Waals surface area contributed by atoms with Crippen LogP contribution in [0.2, 0.25) is 0 Å². The molecule has 0 aromatic heterocycles. The van der Waals surface area contributed by atoms with E-state index in [9.17, 15) is 4.79 Å². The Morgan fingerprint density at radius 1 is 1.12 bits per heavy atom. The maximum absolute atomic E-state index is 13.2. The Labute approximate surface area is 147 Å². The Morgan fingerprint density at radius 2 is 1.71 bits per heavy atom. The number of benzene rings is 1. The van der Waals surface area contributed by atoms with Gasteiger partial charge in [-0.25, -0.2) is 0 Å². The highest BCUT2D eigenvalue weighted by Crippen LogP contribution is 2.53. The molecule has 3 heteroatoms. The summed E-state index contributed by atoms with van der Waals surface area (Å²) in [5.74, 6) is 1.23. The van der Waals surface area contributed by atoms with Gasteiger partial charge < -0.3 is 9.47 Å². The lowest BCUT2D eigenvalue weighted by Gasteiger charge is -2.49. The molecule has 0 saturated carbocycles. The highest BCUT2D eigenvalue weighted by molar-refractivity contribution is 5.80. The topological polar surface area (TPSA) is 35.5 Å². The van der Waals surface area contributed by atoms with Gasteiger partial charge in [0.25, 0.3) is 0 Å². The van der Waals surface area contributed by atoms with Gasteiger partial charge in [0.05, 0.1) is 19.1 Å². The molecule has 0 radical (unpaired) electrons. The quantitative estimate of drug-likeness (QED) is 0.611. The van der Waals surface area contributed by atoms with Crippen molar-refractivity contribution in [1.29, 1.82) is 0 Å². The molecule has 1 unspecified atom stereocenters. The van der Waals surface area contributed by atoms with E-state index < -0.39 is 10.8 Å². The van der Waals surface area contributed by atoms with Crippen LogP contribution < -0.4 is 4.74 Å². The second-order valence-electron chi connectivity index (χ2n) is 7.77. The minimum absolute atomic E-state index is 0.107. The van der Waals surface area contributed by atoms with Crippen molar-refractivity contribution in [1.82, 2.24) is 0 Å². The van der Waals surface area contributed by atoms with Crippen molar-refractivity contribution in [3.05, 3.63) is 29.8 Å². The number of rotatable bonds is 8. The number of carbonyl (C=O) groups is 1. The zero-order valence-electron chi connectivity index (χ0n) is 16.6.